The number of hydrogen-bond donors (Lipinski definition) is 2. The molecule has 0 radical (unpaired) electrons. The molecule has 84 valence electrons. The highest BCUT2D eigenvalue weighted by atomic mass is 16.4. The van der Waals surface area contributed by atoms with Crippen molar-refractivity contribution >= 4 is 17.8 Å². The second-order valence-electron chi connectivity index (χ2n) is 3.44. The van der Waals surface area contributed by atoms with E-state index in [1.165, 1.54) is 4.90 Å². The van der Waals surface area contributed by atoms with Crippen LogP contribution in [0.3, 0.4) is 0 Å². The van der Waals surface area contributed by atoms with Gasteiger partial charge in [0.05, 0.1) is 6.54 Å². The largest absolute Gasteiger partial charge is 0.480 e. The van der Waals surface area contributed by atoms with Gasteiger partial charge in [-0.3, -0.25) is 14.4 Å². The van der Waals surface area contributed by atoms with Crippen LogP contribution in [-0.2, 0) is 14.4 Å². The van der Waals surface area contributed by atoms with Gasteiger partial charge in [-0.05, 0) is 12.8 Å². The Morgan fingerprint density at radius 3 is 2.73 bits per heavy atom. The van der Waals surface area contributed by atoms with E-state index in [1.807, 2.05) is 0 Å². The summed E-state index contributed by atoms with van der Waals surface area (Å²) in [6, 6.07) is 0. The number of carboxylic acid groups (broad SMARTS) is 1. The fourth-order valence-corrected chi connectivity index (χ4v) is 1.43. The molecule has 0 aromatic carbocycles. The SMILES string of the molecule is O=C(O)CNC(=O)CN1CCCCC1=O. The first-order valence-electron chi connectivity index (χ1n) is 4.86. The second kappa shape index (κ2) is 5.33. The van der Waals surface area contributed by atoms with Gasteiger partial charge < -0.3 is 15.3 Å². The molecule has 1 fully saturated rings. The van der Waals surface area contributed by atoms with E-state index in [0.29, 0.717) is 13.0 Å². The first-order valence-corrected chi connectivity index (χ1v) is 4.86. The Morgan fingerprint density at radius 2 is 2.13 bits per heavy atom. The van der Waals surface area contributed by atoms with Crippen LogP contribution in [0, 0.1) is 0 Å². The summed E-state index contributed by atoms with van der Waals surface area (Å²) in [5.41, 5.74) is 0. The summed E-state index contributed by atoms with van der Waals surface area (Å²) >= 11 is 0. The molecule has 0 atom stereocenters. The highest BCUT2D eigenvalue weighted by Gasteiger charge is 2.20. The van der Waals surface area contributed by atoms with Gasteiger partial charge in [-0.1, -0.05) is 0 Å². The van der Waals surface area contributed by atoms with Gasteiger partial charge in [0.1, 0.15) is 6.54 Å². The normalized spacial score (nSPS) is 16.3. The molecule has 0 aliphatic carbocycles. The van der Waals surface area contributed by atoms with Crippen molar-refractivity contribution in [3.63, 3.8) is 0 Å². The monoisotopic (exact) mass is 214 g/mol. The van der Waals surface area contributed by atoms with Crippen molar-refractivity contribution in [1.29, 1.82) is 0 Å². The maximum absolute atomic E-state index is 11.3. The van der Waals surface area contributed by atoms with E-state index in [2.05, 4.69) is 5.32 Å². The van der Waals surface area contributed by atoms with Crippen molar-refractivity contribution < 1.29 is 19.5 Å². The Bertz CT molecular complexity index is 277. The summed E-state index contributed by atoms with van der Waals surface area (Å²) in [5, 5.41) is 10.5. The van der Waals surface area contributed by atoms with Crippen LogP contribution in [0.2, 0.25) is 0 Å². The van der Waals surface area contributed by atoms with Gasteiger partial charge >= 0.3 is 5.97 Å². The van der Waals surface area contributed by atoms with Crippen molar-refractivity contribution in [2.24, 2.45) is 0 Å². The average molecular weight is 214 g/mol. The Balaban J connectivity index is 2.30. The first-order chi connectivity index (χ1) is 7.09. The molecule has 1 rings (SSSR count). The number of amides is 2. The molecule has 1 aliphatic heterocycles. The van der Waals surface area contributed by atoms with Gasteiger partial charge in [-0.25, -0.2) is 0 Å². The number of aliphatic carboxylic acids is 1. The van der Waals surface area contributed by atoms with Crippen molar-refractivity contribution in [3.8, 4) is 0 Å². The van der Waals surface area contributed by atoms with E-state index in [4.69, 9.17) is 5.11 Å². The Hall–Kier alpha value is -1.59. The molecule has 0 spiro atoms. The molecule has 0 aromatic heterocycles. The molecule has 1 saturated heterocycles. The minimum absolute atomic E-state index is 0.0354. The van der Waals surface area contributed by atoms with Crippen LogP contribution in [-0.4, -0.2) is 47.4 Å². The minimum Gasteiger partial charge on any atom is -0.480 e. The van der Waals surface area contributed by atoms with E-state index in [9.17, 15) is 14.4 Å². The maximum atomic E-state index is 11.3. The van der Waals surface area contributed by atoms with E-state index in [1.54, 1.807) is 0 Å². The summed E-state index contributed by atoms with van der Waals surface area (Å²) < 4.78 is 0. The molecule has 2 amide bonds. The summed E-state index contributed by atoms with van der Waals surface area (Å²) in [5.74, 6) is -1.55. The number of hydrogen-bond acceptors (Lipinski definition) is 3. The molecule has 0 aromatic rings. The van der Waals surface area contributed by atoms with Crippen molar-refractivity contribution in [2.45, 2.75) is 19.3 Å². The predicted octanol–water partition coefficient (Wildman–Crippen LogP) is -0.800. The molecule has 2 N–H and O–H groups in total. The zero-order valence-electron chi connectivity index (χ0n) is 8.36. The minimum atomic E-state index is -1.09. The standard InChI is InChI=1S/C9H14N2O4/c12-7(10-5-9(14)15)6-11-4-2-1-3-8(11)13/h1-6H2,(H,10,12)(H,14,15). The lowest BCUT2D eigenvalue weighted by molar-refractivity contribution is -0.140. The van der Waals surface area contributed by atoms with Crippen LogP contribution < -0.4 is 5.32 Å². The number of nitrogens with zero attached hydrogens (tertiary/aromatic N) is 1. The molecule has 6 heteroatoms. The molecule has 1 aliphatic rings. The summed E-state index contributed by atoms with van der Waals surface area (Å²) in [6.07, 6.45) is 2.25. The zero-order chi connectivity index (χ0) is 11.3. The molecular weight excluding hydrogens is 200 g/mol. The Labute approximate surface area is 87.2 Å². The average Bonchev–Trinajstić information content (AvgIpc) is 2.18. The number of carboxylic acids is 1. The van der Waals surface area contributed by atoms with Crippen molar-refractivity contribution in [2.75, 3.05) is 19.6 Å². The number of piperidine rings is 1. The number of carbonyl (C=O) groups is 3. The third kappa shape index (κ3) is 3.97. The third-order valence-corrected chi connectivity index (χ3v) is 2.19. The smallest absolute Gasteiger partial charge is 0.322 e. The fourth-order valence-electron chi connectivity index (χ4n) is 1.43. The van der Waals surface area contributed by atoms with Crippen LogP contribution >= 0.6 is 0 Å². The van der Waals surface area contributed by atoms with Gasteiger partial charge in [0.25, 0.3) is 0 Å². The molecule has 0 saturated carbocycles. The summed E-state index contributed by atoms with van der Waals surface area (Å²) in [4.78, 5) is 34.1. The second-order valence-corrected chi connectivity index (χ2v) is 3.44. The Kier molecular flexibility index (Phi) is 4.08. The highest BCUT2D eigenvalue weighted by molar-refractivity contribution is 5.86. The lowest BCUT2D eigenvalue weighted by Gasteiger charge is -2.25. The van der Waals surface area contributed by atoms with Gasteiger partial charge in [0.2, 0.25) is 11.8 Å². The van der Waals surface area contributed by atoms with Crippen molar-refractivity contribution in [1.82, 2.24) is 10.2 Å². The van der Waals surface area contributed by atoms with Crippen LogP contribution in [0.1, 0.15) is 19.3 Å². The van der Waals surface area contributed by atoms with Crippen LogP contribution in [0.15, 0.2) is 0 Å². The van der Waals surface area contributed by atoms with E-state index in [0.717, 1.165) is 12.8 Å². The van der Waals surface area contributed by atoms with Crippen LogP contribution in [0.25, 0.3) is 0 Å². The molecule has 15 heavy (non-hydrogen) atoms. The zero-order valence-corrected chi connectivity index (χ0v) is 8.36. The fraction of sp³-hybridized carbons (Fsp3) is 0.667. The number of rotatable bonds is 4. The van der Waals surface area contributed by atoms with Gasteiger partial charge in [0.15, 0.2) is 0 Å². The third-order valence-electron chi connectivity index (χ3n) is 2.19. The molecule has 1 heterocycles. The van der Waals surface area contributed by atoms with Crippen LogP contribution in [0.5, 0.6) is 0 Å². The number of carbonyl (C=O) groups excluding carboxylic acids is 2. The number of nitrogens with one attached hydrogen (secondary N) is 1. The predicted molar refractivity (Wildman–Crippen MR) is 51.1 cm³/mol. The lowest BCUT2D eigenvalue weighted by Crippen LogP contribution is -2.44. The van der Waals surface area contributed by atoms with Gasteiger partial charge in [-0.2, -0.15) is 0 Å². The lowest BCUT2D eigenvalue weighted by atomic mass is 10.1. The quantitative estimate of drug-likeness (QED) is 0.641. The van der Waals surface area contributed by atoms with Gasteiger partial charge in [0, 0.05) is 13.0 Å². The van der Waals surface area contributed by atoms with E-state index in [-0.39, 0.29) is 12.5 Å². The van der Waals surface area contributed by atoms with Gasteiger partial charge in [-0.15, -0.1) is 0 Å². The molecular formula is C9H14N2O4. The first kappa shape index (κ1) is 11.5. The highest BCUT2D eigenvalue weighted by Crippen LogP contribution is 2.09. The Morgan fingerprint density at radius 1 is 1.40 bits per heavy atom. The summed E-state index contributed by atoms with van der Waals surface area (Å²) in [7, 11) is 0. The van der Waals surface area contributed by atoms with E-state index >= 15 is 0 Å². The molecule has 0 bridgehead atoms. The molecule has 6 nitrogen and oxygen atoms in total. The topological polar surface area (TPSA) is 86.7 Å². The van der Waals surface area contributed by atoms with Crippen molar-refractivity contribution in [3.05, 3.63) is 0 Å². The number of likely N-dealkylation sites (tertiary alicyclic amines) is 1. The van der Waals surface area contributed by atoms with E-state index < -0.39 is 18.4 Å². The maximum Gasteiger partial charge on any atom is 0.322 e. The van der Waals surface area contributed by atoms with Crippen LogP contribution in [0.4, 0.5) is 0 Å². The molecule has 0 unspecified atom stereocenters. The summed E-state index contributed by atoms with van der Waals surface area (Å²) in [6.45, 7) is 0.145.